The minimum absolute atomic E-state index is 0.287. The normalized spacial score (nSPS) is 11.2. The Hall–Kier alpha value is -2.01. The van der Waals surface area contributed by atoms with Crippen LogP contribution in [0.5, 0.6) is 0 Å². The maximum absolute atomic E-state index is 10.2. The molecule has 0 heterocycles. The van der Waals surface area contributed by atoms with E-state index in [0.29, 0.717) is 25.3 Å². The highest BCUT2D eigenvalue weighted by atomic mass is 16.5. The highest BCUT2D eigenvalue weighted by Crippen LogP contribution is 1.98. The lowest BCUT2D eigenvalue weighted by molar-refractivity contribution is -0.142. The van der Waals surface area contributed by atoms with Gasteiger partial charge in [0.05, 0.1) is 6.61 Å². The molecule has 1 aromatic carbocycles. The van der Waals surface area contributed by atoms with Crippen LogP contribution >= 0.6 is 0 Å². The van der Waals surface area contributed by atoms with Crippen LogP contribution in [0.4, 0.5) is 0 Å². The van der Waals surface area contributed by atoms with E-state index in [1.54, 1.807) is 6.20 Å². The second-order valence-electron chi connectivity index (χ2n) is 3.78. The van der Waals surface area contributed by atoms with Gasteiger partial charge in [-0.15, -0.1) is 0 Å². The van der Waals surface area contributed by atoms with Gasteiger partial charge in [0.15, 0.2) is 0 Å². The Labute approximate surface area is 106 Å². The zero-order valence-electron chi connectivity index (χ0n) is 10.1. The van der Waals surface area contributed by atoms with Gasteiger partial charge in [-0.05, 0) is 5.56 Å². The minimum Gasteiger partial charge on any atom is -0.480 e. The first kappa shape index (κ1) is 14.1. The van der Waals surface area contributed by atoms with Gasteiger partial charge in [0.25, 0.3) is 0 Å². The summed E-state index contributed by atoms with van der Waals surface area (Å²) >= 11 is 0. The molecular formula is C13H18N2O3. The SMILES string of the molecule is N/C(=C\NCc1ccccc1)CCOCC(=O)O. The largest absolute Gasteiger partial charge is 0.480 e. The molecule has 1 rings (SSSR count). The number of benzene rings is 1. The molecule has 0 saturated carbocycles. The topological polar surface area (TPSA) is 84.6 Å². The van der Waals surface area contributed by atoms with Crippen LogP contribution in [0.25, 0.3) is 0 Å². The van der Waals surface area contributed by atoms with Crippen LogP contribution in [-0.4, -0.2) is 24.3 Å². The highest BCUT2D eigenvalue weighted by molar-refractivity contribution is 5.67. The summed E-state index contributed by atoms with van der Waals surface area (Å²) in [6, 6.07) is 9.96. The fraction of sp³-hybridized carbons (Fsp3) is 0.308. The van der Waals surface area contributed by atoms with E-state index in [4.69, 9.17) is 15.6 Å². The van der Waals surface area contributed by atoms with E-state index in [1.165, 1.54) is 5.56 Å². The number of rotatable bonds is 8. The zero-order chi connectivity index (χ0) is 13.2. The molecule has 0 aliphatic rings. The molecular weight excluding hydrogens is 232 g/mol. The molecule has 0 unspecified atom stereocenters. The van der Waals surface area contributed by atoms with Crippen molar-refractivity contribution in [1.82, 2.24) is 5.32 Å². The van der Waals surface area contributed by atoms with Gasteiger partial charge in [0.1, 0.15) is 6.61 Å². The van der Waals surface area contributed by atoms with Crippen molar-refractivity contribution in [2.45, 2.75) is 13.0 Å². The second kappa shape index (κ2) is 8.14. The van der Waals surface area contributed by atoms with Crippen molar-refractivity contribution in [2.75, 3.05) is 13.2 Å². The molecule has 5 heteroatoms. The van der Waals surface area contributed by atoms with Crippen molar-refractivity contribution >= 4 is 5.97 Å². The van der Waals surface area contributed by atoms with Gasteiger partial charge in [0.2, 0.25) is 0 Å². The quantitative estimate of drug-likeness (QED) is 0.601. The molecule has 0 atom stereocenters. The number of hydrogen-bond donors (Lipinski definition) is 3. The Morgan fingerprint density at radius 2 is 2.11 bits per heavy atom. The first-order chi connectivity index (χ1) is 8.68. The lowest BCUT2D eigenvalue weighted by Gasteiger charge is -2.04. The van der Waals surface area contributed by atoms with Crippen molar-refractivity contribution in [3.05, 3.63) is 47.8 Å². The average molecular weight is 250 g/mol. The molecule has 0 fully saturated rings. The van der Waals surface area contributed by atoms with Crippen LogP contribution in [0.1, 0.15) is 12.0 Å². The van der Waals surface area contributed by atoms with E-state index in [2.05, 4.69) is 5.32 Å². The first-order valence-electron chi connectivity index (χ1n) is 5.70. The lowest BCUT2D eigenvalue weighted by atomic mass is 10.2. The van der Waals surface area contributed by atoms with Gasteiger partial charge in [-0.1, -0.05) is 30.3 Å². The van der Waals surface area contributed by atoms with Gasteiger partial charge < -0.3 is 20.9 Å². The molecule has 4 N–H and O–H groups in total. The van der Waals surface area contributed by atoms with Crippen molar-refractivity contribution in [1.29, 1.82) is 0 Å². The van der Waals surface area contributed by atoms with Crippen molar-refractivity contribution in [3.8, 4) is 0 Å². The highest BCUT2D eigenvalue weighted by Gasteiger charge is 1.97. The van der Waals surface area contributed by atoms with Crippen LogP contribution < -0.4 is 11.1 Å². The first-order valence-corrected chi connectivity index (χ1v) is 5.70. The predicted molar refractivity (Wildman–Crippen MR) is 68.6 cm³/mol. The Kier molecular flexibility index (Phi) is 6.35. The van der Waals surface area contributed by atoms with Crippen LogP contribution in [0, 0.1) is 0 Å². The fourth-order valence-corrected chi connectivity index (χ4v) is 1.32. The summed E-state index contributed by atoms with van der Waals surface area (Å²) in [4.78, 5) is 10.2. The zero-order valence-corrected chi connectivity index (χ0v) is 10.1. The van der Waals surface area contributed by atoms with Crippen LogP contribution in [0.2, 0.25) is 0 Å². The summed E-state index contributed by atoms with van der Waals surface area (Å²) in [6.07, 6.45) is 2.23. The second-order valence-corrected chi connectivity index (χ2v) is 3.78. The average Bonchev–Trinajstić information content (AvgIpc) is 2.36. The third-order valence-corrected chi connectivity index (χ3v) is 2.20. The molecule has 1 aromatic rings. The van der Waals surface area contributed by atoms with E-state index in [9.17, 15) is 4.79 Å². The van der Waals surface area contributed by atoms with E-state index < -0.39 is 5.97 Å². The van der Waals surface area contributed by atoms with E-state index in [1.807, 2.05) is 30.3 Å². The Morgan fingerprint density at radius 1 is 1.39 bits per heavy atom. The maximum Gasteiger partial charge on any atom is 0.329 e. The maximum atomic E-state index is 10.2. The van der Waals surface area contributed by atoms with Crippen LogP contribution in [-0.2, 0) is 16.1 Å². The van der Waals surface area contributed by atoms with Crippen molar-refractivity contribution in [3.63, 3.8) is 0 Å². The summed E-state index contributed by atoms with van der Waals surface area (Å²) in [6.45, 7) is 0.726. The Morgan fingerprint density at radius 3 is 2.78 bits per heavy atom. The Balaban J connectivity index is 2.16. The summed E-state index contributed by atoms with van der Waals surface area (Å²) in [5, 5.41) is 11.5. The Bertz CT molecular complexity index is 390. The third-order valence-electron chi connectivity index (χ3n) is 2.20. The van der Waals surface area contributed by atoms with E-state index in [0.717, 1.165) is 0 Å². The molecule has 0 amide bonds. The standard InChI is InChI=1S/C13H18N2O3/c14-12(6-7-18-10-13(16)17)9-15-8-11-4-2-1-3-5-11/h1-5,9,15H,6-8,10,14H2,(H,16,17)/b12-9-. The summed E-state index contributed by atoms with van der Waals surface area (Å²) in [5.74, 6) is -0.972. The van der Waals surface area contributed by atoms with Crippen molar-refractivity contribution in [2.24, 2.45) is 5.73 Å². The molecule has 0 bridgehead atoms. The summed E-state index contributed by atoms with van der Waals surface area (Å²) in [5.41, 5.74) is 7.53. The molecule has 0 aliphatic carbocycles. The molecule has 0 aromatic heterocycles. The minimum atomic E-state index is -0.972. The van der Waals surface area contributed by atoms with Gasteiger partial charge in [-0.3, -0.25) is 0 Å². The number of carbonyl (C=O) groups is 1. The molecule has 0 saturated heterocycles. The molecule has 98 valence electrons. The fourth-order valence-electron chi connectivity index (χ4n) is 1.32. The lowest BCUT2D eigenvalue weighted by Crippen LogP contribution is -2.13. The van der Waals surface area contributed by atoms with Crippen molar-refractivity contribution < 1.29 is 14.6 Å². The monoisotopic (exact) mass is 250 g/mol. The molecule has 5 nitrogen and oxygen atoms in total. The van der Waals surface area contributed by atoms with E-state index >= 15 is 0 Å². The van der Waals surface area contributed by atoms with Gasteiger partial charge in [0, 0.05) is 24.9 Å². The number of aliphatic carboxylic acids is 1. The number of carboxylic acid groups (broad SMARTS) is 1. The molecule has 0 aliphatic heterocycles. The molecule has 0 spiro atoms. The smallest absolute Gasteiger partial charge is 0.329 e. The molecule has 0 radical (unpaired) electrons. The predicted octanol–water partition coefficient (Wildman–Crippen LogP) is 1.07. The third kappa shape index (κ3) is 6.55. The van der Waals surface area contributed by atoms with Crippen LogP contribution in [0.15, 0.2) is 42.2 Å². The van der Waals surface area contributed by atoms with Crippen LogP contribution in [0.3, 0.4) is 0 Å². The van der Waals surface area contributed by atoms with Gasteiger partial charge in [-0.25, -0.2) is 4.79 Å². The summed E-state index contributed by atoms with van der Waals surface area (Å²) in [7, 11) is 0. The molecule has 18 heavy (non-hydrogen) atoms. The number of carboxylic acids is 1. The number of ether oxygens (including phenoxy) is 1. The van der Waals surface area contributed by atoms with Gasteiger partial charge in [-0.2, -0.15) is 0 Å². The van der Waals surface area contributed by atoms with Gasteiger partial charge >= 0.3 is 5.97 Å². The summed E-state index contributed by atoms with van der Waals surface area (Å²) < 4.78 is 4.88. The van der Waals surface area contributed by atoms with E-state index in [-0.39, 0.29) is 6.61 Å². The number of hydrogen-bond acceptors (Lipinski definition) is 4. The number of nitrogens with one attached hydrogen (secondary N) is 1. The number of nitrogens with two attached hydrogens (primary N) is 1.